The molecule has 1 fully saturated rings. The van der Waals surface area contributed by atoms with Crippen molar-refractivity contribution in [2.45, 2.75) is 18.4 Å². The van der Waals surface area contributed by atoms with Gasteiger partial charge in [-0.3, -0.25) is 0 Å². The minimum Gasteiger partial charge on any atom is -0.371 e. The Hall–Kier alpha value is -0.590. The van der Waals surface area contributed by atoms with Gasteiger partial charge in [0.1, 0.15) is 6.10 Å². The van der Waals surface area contributed by atoms with E-state index in [1.54, 1.807) is 12.1 Å². The normalized spacial score (nSPS) is 21.3. The average molecular weight is 311 g/mol. The van der Waals surface area contributed by atoms with Gasteiger partial charge in [-0.15, -0.1) is 0 Å². The molecule has 2 nitrogen and oxygen atoms in total. The number of alkyl halides is 3. The molecule has 0 aliphatic carbocycles. The number of benzene rings is 1. The summed E-state index contributed by atoms with van der Waals surface area (Å²) in [7, 11) is 0. The molecule has 2 rings (SSSR count). The fourth-order valence-corrected chi connectivity index (χ4v) is 1.83. The molecule has 1 aromatic carbocycles. The van der Waals surface area contributed by atoms with E-state index in [0.717, 1.165) is 0 Å². The van der Waals surface area contributed by atoms with Crippen molar-refractivity contribution >= 4 is 15.9 Å². The van der Waals surface area contributed by atoms with E-state index in [-0.39, 0.29) is 18.3 Å². The summed E-state index contributed by atoms with van der Waals surface area (Å²) in [5.41, 5.74) is 0.0903. The molecule has 0 saturated carbocycles. The summed E-state index contributed by atoms with van der Waals surface area (Å²) in [6.45, 7) is 0.444. The second kappa shape index (κ2) is 4.96. The first kappa shape index (κ1) is 12.9. The lowest BCUT2D eigenvalue weighted by Crippen LogP contribution is -2.25. The number of hydrogen-bond acceptors (Lipinski definition) is 2. The van der Waals surface area contributed by atoms with Crippen LogP contribution in [0.3, 0.4) is 0 Å². The van der Waals surface area contributed by atoms with Crippen LogP contribution in [0.4, 0.5) is 13.2 Å². The Morgan fingerprint density at radius 1 is 1.47 bits per heavy atom. The minimum absolute atomic E-state index is 0.0311. The molecule has 0 N–H and O–H groups in total. The largest absolute Gasteiger partial charge is 0.418 e. The molecule has 0 amide bonds. The van der Waals surface area contributed by atoms with Gasteiger partial charge in [0.25, 0.3) is 0 Å². The lowest BCUT2D eigenvalue weighted by Gasteiger charge is -2.21. The fourth-order valence-electron chi connectivity index (χ4n) is 1.42. The van der Waals surface area contributed by atoms with E-state index >= 15 is 0 Å². The van der Waals surface area contributed by atoms with E-state index in [0.29, 0.717) is 11.1 Å². The van der Waals surface area contributed by atoms with Crippen molar-refractivity contribution in [3.05, 3.63) is 34.3 Å². The van der Waals surface area contributed by atoms with Gasteiger partial charge in [0.05, 0.1) is 13.2 Å². The van der Waals surface area contributed by atoms with Crippen molar-refractivity contribution in [2.24, 2.45) is 0 Å². The predicted octanol–water partition coefficient (Wildman–Crippen LogP) is 3.47. The highest BCUT2D eigenvalue weighted by atomic mass is 79.9. The van der Waals surface area contributed by atoms with Crippen LogP contribution >= 0.6 is 15.9 Å². The molecular formula is C11H10BrF3O2. The molecule has 1 heterocycles. The van der Waals surface area contributed by atoms with Gasteiger partial charge >= 0.3 is 6.18 Å². The molecule has 0 radical (unpaired) electrons. The van der Waals surface area contributed by atoms with Gasteiger partial charge in [-0.1, -0.05) is 28.1 Å². The van der Waals surface area contributed by atoms with Crippen molar-refractivity contribution in [3.8, 4) is 0 Å². The number of ether oxygens (including phenoxy) is 2. The molecule has 0 aromatic heterocycles. The van der Waals surface area contributed by atoms with E-state index in [4.69, 9.17) is 9.47 Å². The zero-order valence-electron chi connectivity index (χ0n) is 8.71. The third kappa shape index (κ3) is 3.69. The number of halogens is 4. The van der Waals surface area contributed by atoms with Gasteiger partial charge in [0.2, 0.25) is 0 Å². The van der Waals surface area contributed by atoms with Crippen molar-refractivity contribution in [1.29, 1.82) is 0 Å². The van der Waals surface area contributed by atoms with Crippen LogP contribution in [0.25, 0.3) is 0 Å². The van der Waals surface area contributed by atoms with E-state index in [2.05, 4.69) is 15.9 Å². The Morgan fingerprint density at radius 3 is 2.71 bits per heavy atom. The molecule has 0 unspecified atom stereocenters. The Bertz CT molecular complexity index is 391. The smallest absolute Gasteiger partial charge is 0.371 e. The molecule has 2 atom stereocenters. The number of epoxide rings is 1. The third-order valence-corrected chi connectivity index (χ3v) is 2.79. The molecule has 1 aliphatic rings. The molecule has 17 heavy (non-hydrogen) atoms. The van der Waals surface area contributed by atoms with Crippen LogP contribution in [0.5, 0.6) is 0 Å². The molecule has 0 spiro atoms. The lowest BCUT2D eigenvalue weighted by atomic mass is 10.1. The summed E-state index contributed by atoms with van der Waals surface area (Å²) in [5.74, 6) is 0. The Kier molecular flexibility index (Phi) is 3.75. The second-order valence-corrected chi connectivity index (χ2v) is 4.68. The lowest BCUT2D eigenvalue weighted by molar-refractivity contribution is -0.224. The highest BCUT2D eigenvalue weighted by molar-refractivity contribution is 9.10. The Morgan fingerprint density at radius 2 is 2.18 bits per heavy atom. The molecule has 6 heteroatoms. The van der Waals surface area contributed by atoms with Crippen molar-refractivity contribution in [3.63, 3.8) is 0 Å². The van der Waals surface area contributed by atoms with Crippen LogP contribution in [0.2, 0.25) is 0 Å². The van der Waals surface area contributed by atoms with E-state index in [1.165, 1.54) is 12.1 Å². The van der Waals surface area contributed by atoms with Crippen molar-refractivity contribution < 1.29 is 22.6 Å². The van der Waals surface area contributed by atoms with Crippen LogP contribution < -0.4 is 0 Å². The van der Waals surface area contributed by atoms with Crippen molar-refractivity contribution in [1.82, 2.24) is 0 Å². The zero-order chi connectivity index (χ0) is 12.5. The van der Waals surface area contributed by atoms with Crippen LogP contribution in [-0.4, -0.2) is 25.5 Å². The van der Waals surface area contributed by atoms with Crippen LogP contribution in [0.15, 0.2) is 28.7 Å². The SMILES string of the molecule is FC(F)(F)[C@@H](OC[C@H]1CO1)c1cccc(Br)c1. The summed E-state index contributed by atoms with van der Waals surface area (Å²) >= 11 is 3.14. The molecule has 94 valence electrons. The van der Waals surface area contributed by atoms with Gasteiger partial charge in [-0.05, 0) is 17.7 Å². The second-order valence-electron chi connectivity index (χ2n) is 3.77. The van der Waals surface area contributed by atoms with E-state index < -0.39 is 12.3 Å². The quantitative estimate of drug-likeness (QED) is 0.794. The van der Waals surface area contributed by atoms with Crippen LogP contribution in [-0.2, 0) is 9.47 Å². The maximum absolute atomic E-state index is 12.8. The van der Waals surface area contributed by atoms with E-state index in [9.17, 15) is 13.2 Å². The summed E-state index contributed by atoms with van der Waals surface area (Å²) in [5, 5.41) is 0. The fraction of sp³-hybridized carbons (Fsp3) is 0.455. The zero-order valence-corrected chi connectivity index (χ0v) is 10.3. The first-order chi connectivity index (χ1) is 7.97. The summed E-state index contributed by atoms with van der Waals surface area (Å²) < 4.78 is 48.8. The molecule has 1 aliphatic heterocycles. The molecule has 0 bridgehead atoms. The summed E-state index contributed by atoms with van der Waals surface area (Å²) in [6.07, 6.45) is -6.51. The highest BCUT2D eigenvalue weighted by Gasteiger charge is 2.43. The van der Waals surface area contributed by atoms with Gasteiger partial charge in [0, 0.05) is 4.47 Å². The maximum atomic E-state index is 12.8. The van der Waals surface area contributed by atoms with Gasteiger partial charge in [-0.25, -0.2) is 0 Å². The monoisotopic (exact) mass is 310 g/mol. The molecule has 1 saturated heterocycles. The topological polar surface area (TPSA) is 21.8 Å². The Labute approximate surface area is 105 Å². The third-order valence-electron chi connectivity index (χ3n) is 2.30. The summed E-state index contributed by atoms with van der Waals surface area (Å²) in [6, 6.07) is 6.03. The predicted molar refractivity (Wildman–Crippen MR) is 58.6 cm³/mol. The molecule has 1 aromatic rings. The van der Waals surface area contributed by atoms with E-state index in [1.807, 2.05) is 0 Å². The van der Waals surface area contributed by atoms with Crippen LogP contribution in [0, 0.1) is 0 Å². The highest BCUT2D eigenvalue weighted by Crippen LogP contribution is 2.37. The molecular weight excluding hydrogens is 301 g/mol. The maximum Gasteiger partial charge on any atom is 0.418 e. The first-order valence-electron chi connectivity index (χ1n) is 5.02. The number of hydrogen-bond donors (Lipinski definition) is 0. The van der Waals surface area contributed by atoms with Crippen molar-refractivity contribution in [2.75, 3.05) is 13.2 Å². The number of rotatable bonds is 4. The summed E-state index contributed by atoms with van der Waals surface area (Å²) in [4.78, 5) is 0. The standard InChI is InChI=1S/C11H10BrF3O2/c12-8-3-1-2-7(4-8)10(11(13,14)15)17-6-9-5-16-9/h1-4,9-10H,5-6H2/t9-,10+/m1/s1. The van der Waals surface area contributed by atoms with Gasteiger partial charge in [0.15, 0.2) is 6.10 Å². The average Bonchev–Trinajstić information content (AvgIpc) is 3.00. The minimum atomic E-state index is -4.42. The first-order valence-corrected chi connectivity index (χ1v) is 5.81. The van der Waals surface area contributed by atoms with Crippen LogP contribution in [0.1, 0.15) is 11.7 Å². The van der Waals surface area contributed by atoms with Gasteiger partial charge < -0.3 is 9.47 Å². The van der Waals surface area contributed by atoms with Gasteiger partial charge in [-0.2, -0.15) is 13.2 Å². The Balaban J connectivity index is 2.13.